The van der Waals surface area contributed by atoms with Gasteiger partial charge < -0.3 is 11.1 Å². The average Bonchev–Trinajstić information content (AvgIpc) is 2.68. The summed E-state index contributed by atoms with van der Waals surface area (Å²) in [6, 6.07) is -0.0838. The van der Waals surface area contributed by atoms with Crippen molar-refractivity contribution in [3.05, 3.63) is 15.6 Å². The molecule has 0 aromatic carbocycles. The van der Waals surface area contributed by atoms with Gasteiger partial charge >= 0.3 is 0 Å². The van der Waals surface area contributed by atoms with E-state index in [2.05, 4.69) is 10.3 Å². The van der Waals surface area contributed by atoms with Crippen molar-refractivity contribution in [1.82, 2.24) is 10.3 Å². The van der Waals surface area contributed by atoms with Crippen molar-refractivity contribution in [2.45, 2.75) is 51.6 Å². The number of nitrogens with one attached hydrogen (secondary N) is 1. The van der Waals surface area contributed by atoms with Gasteiger partial charge in [-0.3, -0.25) is 4.79 Å². The quantitative estimate of drug-likeness (QED) is 0.851. The van der Waals surface area contributed by atoms with Crippen molar-refractivity contribution in [3.63, 3.8) is 0 Å². The first kappa shape index (κ1) is 12.5. The highest BCUT2D eigenvalue weighted by Crippen LogP contribution is 2.26. The van der Waals surface area contributed by atoms with Crippen LogP contribution in [0.5, 0.6) is 0 Å². The highest BCUT2D eigenvalue weighted by molar-refractivity contribution is 7.11. The first-order valence-electron chi connectivity index (χ1n) is 6.15. The maximum atomic E-state index is 11.5. The van der Waals surface area contributed by atoms with Gasteiger partial charge in [-0.05, 0) is 32.6 Å². The average molecular weight is 253 g/mol. The van der Waals surface area contributed by atoms with E-state index in [4.69, 9.17) is 5.73 Å². The Bertz CT molecular complexity index is 377. The summed E-state index contributed by atoms with van der Waals surface area (Å²) in [5.41, 5.74) is 6.82. The zero-order valence-electron chi connectivity index (χ0n) is 10.2. The van der Waals surface area contributed by atoms with Gasteiger partial charge in [0.15, 0.2) is 0 Å². The van der Waals surface area contributed by atoms with Gasteiger partial charge in [0.2, 0.25) is 5.91 Å². The number of carbonyl (C=O) groups is 1. The second-order valence-electron chi connectivity index (χ2n) is 4.64. The molecule has 1 aromatic heterocycles. The molecule has 0 spiro atoms. The fourth-order valence-corrected chi connectivity index (χ4v) is 3.12. The summed E-state index contributed by atoms with van der Waals surface area (Å²) in [5, 5.41) is 3.89. The number of fused-ring (bicyclic) bond motifs is 1. The number of hydrogen-bond donors (Lipinski definition) is 2. The number of thiazole rings is 1. The van der Waals surface area contributed by atoms with Gasteiger partial charge in [-0.15, -0.1) is 11.3 Å². The number of amides is 1. The number of aryl methyl sites for hydroxylation is 2. The summed E-state index contributed by atoms with van der Waals surface area (Å²) >= 11 is 1.74. The first-order chi connectivity index (χ1) is 8.15. The lowest BCUT2D eigenvalue weighted by Crippen LogP contribution is -2.29. The molecule has 0 bridgehead atoms. The molecule has 4 nitrogen and oxygen atoms in total. The maximum Gasteiger partial charge on any atom is 0.221 e. The molecule has 1 unspecified atom stereocenters. The monoisotopic (exact) mass is 253 g/mol. The van der Waals surface area contributed by atoms with Crippen LogP contribution in [0.3, 0.4) is 0 Å². The molecule has 0 aliphatic heterocycles. The van der Waals surface area contributed by atoms with Crippen LogP contribution in [-0.4, -0.2) is 16.9 Å². The Kier molecular flexibility index (Phi) is 4.12. The second-order valence-corrected chi connectivity index (χ2v) is 5.81. The fourth-order valence-electron chi connectivity index (χ4n) is 2.02. The highest BCUT2D eigenvalue weighted by Gasteiger charge is 2.15. The molecule has 5 heteroatoms. The molecule has 2 rings (SSSR count). The minimum Gasteiger partial charge on any atom is -0.350 e. The summed E-state index contributed by atoms with van der Waals surface area (Å²) in [4.78, 5) is 17.4. The number of nitrogens with two attached hydrogens (primary N) is 1. The minimum atomic E-state index is -0.0838. The third-order valence-electron chi connectivity index (χ3n) is 2.83. The van der Waals surface area contributed by atoms with E-state index >= 15 is 0 Å². The molecule has 1 heterocycles. The summed E-state index contributed by atoms with van der Waals surface area (Å²) in [6.45, 7) is 2.38. The fraction of sp³-hybridized carbons (Fsp3) is 0.667. The van der Waals surface area contributed by atoms with Crippen molar-refractivity contribution in [3.8, 4) is 0 Å². The van der Waals surface area contributed by atoms with Crippen molar-refractivity contribution in [1.29, 1.82) is 0 Å². The first-order valence-corrected chi connectivity index (χ1v) is 6.96. The van der Waals surface area contributed by atoms with E-state index in [1.165, 1.54) is 23.4 Å². The Morgan fingerprint density at radius 1 is 1.53 bits per heavy atom. The Hall–Kier alpha value is -0.940. The van der Waals surface area contributed by atoms with E-state index in [-0.39, 0.29) is 11.9 Å². The van der Waals surface area contributed by atoms with Crippen LogP contribution in [0, 0.1) is 0 Å². The molecular weight excluding hydrogens is 234 g/mol. The number of aromatic nitrogens is 1. The number of nitrogens with zero attached hydrogens (tertiary/aromatic N) is 1. The summed E-state index contributed by atoms with van der Waals surface area (Å²) < 4.78 is 0. The lowest BCUT2D eigenvalue weighted by molar-refractivity contribution is -0.121. The second kappa shape index (κ2) is 5.60. The molecule has 94 valence electrons. The van der Waals surface area contributed by atoms with Gasteiger partial charge in [-0.25, -0.2) is 4.98 Å². The largest absolute Gasteiger partial charge is 0.350 e. The van der Waals surface area contributed by atoms with Crippen molar-refractivity contribution < 1.29 is 4.79 Å². The Morgan fingerprint density at radius 2 is 2.29 bits per heavy atom. The smallest absolute Gasteiger partial charge is 0.221 e. The SMILES string of the molecule is CC(N)CC(=O)NCc1nc2c(s1)CCCC2. The molecule has 1 aliphatic carbocycles. The van der Waals surface area contributed by atoms with Crippen molar-refractivity contribution >= 4 is 17.2 Å². The van der Waals surface area contributed by atoms with Gasteiger partial charge in [-0.2, -0.15) is 0 Å². The molecule has 1 aliphatic rings. The molecule has 1 aromatic rings. The topological polar surface area (TPSA) is 68.0 Å². The zero-order chi connectivity index (χ0) is 12.3. The summed E-state index contributed by atoms with van der Waals surface area (Å²) in [7, 11) is 0. The Labute approximate surface area is 106 Å². The van der Waals surface area contributed by atoms with Gasteiger partial charge in [0.25, 0.3) is 0 Å². The highest BCUT2D eigenvalue weighted by atomic mass is 32.1. The van der Waals surface area contributed by atoms with Crippen LogP contribution < -0.4 is 11.1 Å². The summed E-state index contributed by atoms with van der Waals surface area (Å²) in [5.74, 6) is 0.00757. The predicted octanol–water partition coefficient (Wildman–Crippen LogP) is 1.38. The standard InChI is InChI=1S/C12H19N3OS/c1-8(13)6-11(16)14-7-12-15-9-4-2-3-5-10(9)17-12/h8H,2-7,13H2,1H3,(H,14,16). The van der Waals surface area contributed by atoms with Crippen LogP contribution in [0.1, 0.15) is 41.8 Å². The number of rotatable bonds is 4. The normalized spacial score (nSPS) is 16.4. The predicted molar refractivity (Wildman–Crippen MR) is 68.9 cm³/mol. The summed E-state index contributed by atoms with van der Waals surface area (Å²) in [6.07, 6.45) is 5.14. The zero-order valence-corrected chi connectivity index (χ0v) is 11.0. The molecule has 0 saturated carbocycles. The van der Waals surface area contributed by atoms with Crippen LogP contribution in [-0.2, 0) is 24.2 Å². The van der Waals surface area contributed by atoms with Gasteiger partial charge in [0, 0.05) is 17.3 Å². The molecule has 17 heavy (non-hydrogen) atoms. The lowest BCUT2D eigenvalue weighted by Gasteiger charge is -2.06. The third kappa shape index (κ3) is 3.51. The van der Waals surface area contributed by atoms with E-state index in [0.717, 1.165) is 17.8 Å². The molecule has 0 saturated heterocycles. The van der Waals surface area contributed by atoms with Crippen molar-refractivity contribution in [2.75, 3.05) is 0 Å². The van der Waals surface area contributed by atoms with Crippen LogP contribution in [0.25, 0.3) is 0 Å². The lowest BCUT2D eigenvalue weighted by atomic mass is 10.0. The molecule has 0 radical (unpaired) electrons. The van der Waals surface area contributed by atoms with Gasteiger partial charge in [0.1, 0.15) is 5.01 Å². The van der Waals surface area contributed by atoms with E-state index in [0.29, 0.717) is 13.0 Å². The molecule has 3 N–H and O–H groups in total. The molecular formula is C12H19N3OS. The van der Waals surface area contributed by atoms with E-state index in [1.54, 1.807) is 11.3 Å². The third-order valence-corrected chi connectivity index (χ3v) is 3.99. The van der Waals surface area contributed by atoms with Gasteiger partial charge in [0.05, 0.1) is 12.2 Å². The molecule has 1 amide bonds. The maximum absolute atomic E-state index is 11.5. The van der Waals surface area contributed by atoms with E-state index in [1.807, 2.05) is 6.92 Å². The number of carbonyl (C=O) groups excluding carboxylic acids is 1. The minimum absolute atomic E-state index is 0.00757. The van der Waals surface area contributed by atoms with Gasteiger partial charge in [-0.1, -0.05) is 0 Å². The van der Waals surface area contributed by atoms with E-state index < -0.39 is 0 Å². The Balaban J connectivity index is 1.87. The van der Waals surface area contributed by atoms with Crippen molar-refractivity contribution in [2.24, 2.45) is 5.73 Å². The van der Waals surface area contributed by atoms with Crippen LogP contribution >= 0.6 is 11.3 Å². The molecule has 1 atom stereocenters. The van der Waals surface area contributed by atoms with Crippen LogP contribution in [0.2, 0.25) is 0 Å². The molecule has 0 fully saturated rings. The number of hydrogen-bond acceptors (Lipinski definition) is 4. The van der Waals surface area contributed by atoms with Crippen LogP contribution in [0.15, 0.2) is 0 Å². The van der Waals surface area contributed by atoms with Crippen LogP contribution in [0.4, 0.5) is 0 Å². The Morgan fingerprint density at radius 3 is 3.00 bits per heavy atom. The van der Waals surface area contributed by atoms with E-state index in [9.17, 15) is 4.79 Å².